The van der Waals surface area contributed by atoms with Crippen molar-refractivity contribution < 1.29 is 13.0 Å². The van der Waals surface area contributed by atoms with Crippen LogP contribution in [0, 0.1) is 27.6 Å². The van der Waals surface area contributed by atoms with Crippen LogP contribution in [-0.4, -0.2) is 16.2 Å². The number of hydrogen-bond acceptors (Lipinski definition) is 4. The summed E-state index contributed by atoms with van der Waals surface area (Å²) in [5.41, 5.74) is 14.8. The highest BCUT2D eigenvalue weighted by Crippen LogP contribution is 2.48. The summed E-state index contributed by atoms with van der Waals surface area (Å²) in [6.07, 6.45) is 1.75. The van der Waals surface area contributed by atoms with Crippen LogP contribution in [0.2, 0.25) is 0 Å². The van der Waals surface area contributed by atoms with Gasteiger partial charge in [0.2, 0.25) is 0 Å². The summed E-state index contributed by atoms with van der Waals surface area (Å²) in [4.78, 5) is 9.65. The van der Waals surface area contributed by atoms with Gasteiger partial charge in [-0.2, -0.15) is 0 Å². The number of rotatable bonds is 7. The van der Waals surface area contributed by atoms with Crippen molar-refractivity contribution in [3.63, 3.8) is 0 Å². The molecule has 73 heavy (non-hydrogen) atoms. The van der Waals surface area contributed by atoms with E-state index in [0.29, 0.717) is 46.2 Å². The molecule has 0 N–H and O–H groups in total. The molecule has 0 atom stereocenters. The number of aromatic nitrogens is 2. The molecule has 9 aromatic rings. The van der Waals surface area contributed by atoms with Crippen molar-refractivity contribution in [2.75, 3.05) is 16.5 Å². The quantitative estimate of drug-likeness (QED) is 0.159. The Morgan fingerprint density at radius 2 is 0.959 bits per heavy atom. The summed E-state index contributed by atoms with van der Waals surface area (Å²) in [5, 5.41) is 2.02. The zero-order valence-corrected chi connectivity index (χ0v) is 45.3. The Bertz CT molecular complexity index is 3820. The maximum atomic E-state index is 8.96. The van der Waals surface area contributed by atoms with E-state index in [-0.39, 0.29) is 21.7 Å². The topological polar surface area (TPSA) is 33.5 Å². The van der Waals surface area contributed by atoms with E-state index in [9.17, 15) is 0 Å². The fourth-order valence-corrected chi connectivity index (χ4v) is 10.5. The minimum atomic E-state index is -2.41. The number of benzene rings is 7. The van der Waals surface area contributed by atoms with Gasteiger partial charge in [-0.15, -0.1) is 0 Å². The van der Waals surface area contributed by atoms with Gasteiger partial charge in [0.15, 0.2) is 0 Å². The molecule has 0 amide bonds. The van der Waals surface area contributed by atoms with Gasteiger partial charge >= 0.3 is 0 Å². The van der Waals surface area contributed by atoms with Gasteiger partial charge in [-0.3, -0.25) is 4.57 Å². The average Bonchev–Trinajstić information content (AvgIpc) is 4.19. The number of pyridine rings is 1. The third-order valence-corrected chi connectivity index (χ3v) is 14.7. The molecule has 0 unspecified atom stereocenters. The van der Waals surface area contributed by atoms with Gasteiger partial charge in [0.05, 0.1) is 22.4 Å². The largest absolute Gasteiger partial charge is 0.457 e. The van der Waals surface area contributed by atoms with Crippen LogP contribution in [0.1, 0.15) is 136 Å². The molecule has 0 aliphatic carbocycles. The molecule has 1 aliphatic heterocycles. The number of para-hydroxylation sites is 3. The molecule has 0 bridgehead atoms. The van der Waals surface area contributed by atoms with Crippen molar-refractivity contribution in [3.8, 4) is 39.6 Å². The second-order valence-corrected chi connectivity index (χ2v) is 24.4. The van der Waals surface area contributed by atoms with Crippen molar-refractivity contribution in [1.82, 2.24) is 9.55 Å². The first-order valence-corrected chi connectivity index (χ1v) is 25.7. The molecule has 0 fully saturated rings. The summed E-state index contributed by atoms with van der Waals surface area (Å²) in [5.74, 6) is 1.74. The lowest BCUT2D eigenvalue weighted by molar-refractivity contribution is 0.483. The lowest BCUT2D eigenvalue weighted by Gasteiger charge is -2.29. The molecule has 3 heterocycles. The van der Waals surface area contributed by atoms with E-state index in [1.807, 2.05) is 68.4 Å². The summed E-state index contributed by atoms with van der Waals surface area (Å²) in [7, 11) is 0. The minimum Gasteiger partial charge on any atom is -0.457 e. The first kappa shape index (κ1) is 42.4. The maximum Gasteiger partial charge on any atom is 0.138 e. The first-order chi connectivity index (χ1) is 36.8. The highest BCUT2D eigenvalue weighted by Gasteiger charge is 2.31. The molecule has 5 heteroatoms. The number of aryl methyl sites for hydroxylation is 4. The Morgan fingerprint density at radius 1 is 0.452 bits per heavy atom. The Kier molecular flexibility index (Phi) is 10.4. The normalized spacial score (nSPS) is 14.9. The number of fused-ring (bicyclic) bond motifs is 4. The number of nitrogens with zero attached hydrogens (tertiary/aromatic N) is 4. The van der Waals surface area contributed by atoms with Crippen LogP contribution in [0.4, 0.5) is 22.7 Å². The standard InChI is InChI=1S/C68H74N4O/c1-42-29-48(65(5,6)7)30-43(2)63(42)46-27-28-69-62(35-46)72-58-22-18-17-21-56(58)57-26-25-54(40-61(57)72)73-55-34-47(64-44(3)31-49(32-45(64)4)66(8,9)10)33-52(39-55)70-41-71(60-24-20-19-23-59(60)70)53-37-50(67(11,12)13)36-51(38-53)68(14,15)16/h17-40H,41H2,1-16H3/i1D3,3D3. The molecule has 0 spiro atoms. The maximum absolute atomic E-state index is 8.96. The summed E-state index contributed by atoms with van der Waals surface area (Å²) in [6.45, 7) is 26.0. The predicted molar refractivity (Wildman–Crippen MR) is 312 cm³/mol. The van der Waals surface area contributed by atoms with Gasteiger partial charge in [0.25, 0.3) is 0 Å². The van der Waals surface area contributed by atoms with Crippen molar-refractivity contribution in [2.45, 2.75) is 132 Å². The van der Waals surface area contributed by atoms with Gasteiger partial charge in [0, 0.05) is 48.7 Å². The first-order valence-electron chi connectivity index (χ1n) is 28.7. The lowest BCUT2D eigenvalue weighted by Crippen LogP contribution is -2.25. The fourth-order valence-electron chi connectivity index (χ4n) is 10.5. The van der Waals surface area contributed by atoms with Crippen LogP contribution >= 0.6 is 0 Å². The molecule has 10 rings (SSSR count). The second kappa shape index (κ2) is 17.8. The third-order valence-electron chi connectivity index (χ3n) is 14.7. The van der Waals surface area contributed by atoms with Crippen molar-refractivity contribution in [3.05, 3.63) is 190 Å². The van der Waals surface area contributed by atoms with Crippen LogP contribution in [-0.2, 0) is 21.7 Å². The van der Waals surface area contributed by atoms with E-state index in [1.165, 1.54) is 11.1 Å². The molecule has 372 valence electrons. The van der Waals surface area contributed by atoms with Gasteiger partial charge in [-0.05, 0) is 183 Å². The lowest BCUT2D eigenvalue weighted by atomic mass is 9.80. The van der Waals surface area contributed by atoms with Crippen molar-refractivity contribution in [2.24, 2.45) is 0 Å². The van der Waals surface area contributed by atoms with Crippen molar-refractivity contribution in [1.29, 1.82) is 0 Å². The SMILES string of the molecule is [2H]C([2H])([2H])c1cc(C(C)(C)C)cc(C)c1-c1cc(Oc2ccc3c4ccccc4n(-c4cc(-c5c(C)cc(C(C)(C)C)cc5C([2H])([2H])[2H])ccn4)c3c2)cc(N2CN(c3cc(C(C)(C)C)cc(C(C)(C)C)c3)c3ccccc32)c1. The van der Waals surface area contributed by atoms with Gasteiger partial charge in [-0.25, -0.2) is 4.98 Å². The Hall–Kier alpha value is -7.11. The zero-order chi connectivity index (χ0) is 57.1. The van der Waals surface area contributed by atoms with E-state index >= 15 is 0 Å². The number of ether oxygens (including phenoxy) is 1. The van der Waals surface area contributed by atoms with E-state index in [1.54, 1.807) is 6.20 Å². The average molecular weight is 969 g/mol. The molecule has 0 saturated heterocycles. The van der Waals surface area contributed by atoms with E-state index in [0.717, 1.165) is 77.9 Å². The van der Waals surface area contributed by atoms with E-state index in [2.05, 4.69) is 182 Å². The van der Waals surface area contributed by atoms with Crippen LogP contribution in [0.15, 0.2) is 146 Å². The molecule has 0 saturated carbocycles. The highest BCUT2D eigenvalue weighted by atomic mass is 16.5. The molecular formula is C68H74N4O. The molecule has 5 nitrogen and oxygen atoms in total. The van der Waals surface area contributed by atoms with Crippen LogP contribution in [0.3, 0.4) is 0 Å². The Balaban J connectivity index is 1.15. The minimum absolute atomic E-state index is 0.0855. The third kappa shape index (κ3) is 9.33. The number of anilines is 4. The second-order valence-electron chi connectivity index (χ2n) is 24.4. The van der Waals surface area contributed by atoms with Crippen LogP contribution in [0.25, 0.3) is 49.9 Å². The van der Waals surface area contributed by atoms with Crippen molar-refractivity contribution >= 4 is 44.6 Å². The Labute approximate surface area is 443 Å². The molecule has 0 radical (unpaired) electrons. The molecule has 2 aromatic heterocycles. The molecule has 1 aliphatic rings. The Morgan fingerprint density at radius 3 is 1.53 bits per heavy atom. The van der Waals surface area contributed by atoms with Gasteiger partial charge in [-0.1, -0.05) is 144 Å². The fraction of sp³-hybridized carbons (Fsp3) is 0.309. The van der Waals surface area contributed by atoms with Gasteiger partial charge < -0.3 is 14.5 Å². The van der Waals surface area contributed by atoms with E-state index < -0.39 is 13.7 Å². The van der Waals surface area contributed by atoms with Crippen LogP contribution < -0.4 is 14.5 Å². The van der Waals surface area contributed by atoms with Gasteiger partial charge in [0.1, 0.15) is 24.0 Å². The smallest absolute Gasteiger partial charge is 0.138 e. The summed E-state index contributed by atoms with van der Waals surface area (Å²) in [6, 6.07) is 47.8. The monoisotopic (exact) mass is 969 g/mol. The zero-order valence-electron chi connectivity index (χ0n) is 51.3. The summed E-state index contributed by atoms with van der Waals surface area (Å²) >= 11 is 0. The van der Waals surface area contributed by atoms with Crippen LogP contribution in [0.5, 0.6) is 11.5 Å². The number of hydrogen-bond donors (Lipinski definition) is 0. The predicted octanol–water partition coefficient (Wildman–Crippen LogP) is 19.0. The molecule has 7 aromatic carbocycles. The summed E-state index contributed by atoms with van der Waals surface area (Å²) < 4.78 is 62.2. The molecular weight excluding hydrogens is 889 g/mol. The van der Waals surface area contributed by atoms with E-state index in [4.69, 9.17) is 17.9 Å². The highest BCUT2D eigenvalue weighted by molar-refractivity contribution is 6.09.